The van der Waals surface area contributed by atoms with Gasteiger partial charge in [0.1, 0.15) is 0 Å². The molecule has 0 saturated carbocycles. The zero-order valence-corrected chi connectivity index (χ0v) is 8.60. The minimum atomic E-state index is -3.79. The SMILES string of the molecule is CCCCCC[C@H](C)S(=O)(=O)O. The van der Waals surface area contributed by atoms with E-state index in [1.807, 2.05) is 0 Å². The van der Waals surface area contributed by atoms with Gasteiger partial charge in [-0.25, -0.2) is 0 Å². The Balaban J connectivity index is 3.52. The first-order valence-corrected chi connectivity index (χ1v) is 5.95. The van der Waals surface area contributed by atoms with Gasteiger partial charge in [0.15, 0.2) is 0 Å². The molecule has 12 heavy (non-hydrogen) atoms. The number of hydrogen-bond donors (Lipinski definition) is 1. The number of hydrogen-bond acceptors (Lipinski definition) is 2. The summed E-state index contributed by atoms with van der Waals surface area (Å²) in [6.45, 7) is 3.65. The number of rotatable bonds is 6. The average molecular weight is 194 g/mol. The lowest BCUT2D eigenvalue weighted by molar-refractivity contribution is 0.462. The predicted octanol–water partition coefficient (Wildman–Crippen LogP) is 2.23. The topological polar surface area (TPSA) is 54.4 Å². The van der Waals surface area contributed by atoms with Gasteiger partial charge in [-0.3, -0.25) is 4.55 Å². The summed E-state index contributed by atoms with van der Waals surface area (Å²) < 4.78 is 29.7. The van der Waals surface area contributed by atoms with E-state index in [0.717, 1.165) is 25.7 Å². The highest BCUT2D eigenvalue weighted by Gasteiger charge is 2.15. The van der Waals surface area contributed by atoms with Crippen LogP contribution >= 0.6 is 0 Å². The highest BCUT2D eigenvalue weighted by atomic mass is 32.2. The first-order valence-electron chi connectivity index (χ1n) is 4.44. The van der Waals surface area contributed by atoms with Crippen molar-refractivity contribution in [3.63, 3.8) is 0 Å². The highest BCUT2D eigenvalue weighted by Crippen LogP contribution is 2.10. The Bertz CT molecular complexity index is 196. The molecule has 0 saturated heterocycles. The lowest BCUT2D eigenvalue weighted by Gasteiger charge is -2.06. The van der Waals surface area contributed by atoms with Crippen LogP contribution in [0.5, 0.6) is 0 Å². The third-order valence-corrected chi connectivity index (χ3v) is 3.23. The molecule has 0 fully saturated rings. The molecule has 0 aromatic rings. The van der Waals surface area contributed by atoms with Crippen LogP contribution in [0.4, 0.5) is 0 Å². The molecule has 0 aliphatic carbocycles. The summed E-state index contributed by atoms with van der Waals surface area (Å²) in [5.74, 6) is 0. The maximum Gasteiger partial charge on any atom is 0.267 e. The van der Waals surface area contributed by atoms with Crippen molar-refractivity contribution in [2.24, 2.45) is 0 Å². The molecular weight excluding hydrogens is 176 g/mol. The van der Waals surface area contributed by atoms with E-state index >= 15 is 0 Å². The second-order valence-corrected chi connectivity index (χ2v) is 5.01. The van der Waals surface area contributed by atoms with Gasteiger partial charge in [0, 0.05) is 0 Å². The molecule has 0 unspecified atom stereocenters. The molecule has 0 spiro atoms. The molecule has 74 valence electrons. The van der Waals surface area contributed by atoms with Crippen LogP contribution in [0.3, 0.4) is 0 Å². The van der Waals surface area contributed by atoms with Crippen molar-refractivity contribution in [3.8, 4) is 0 Å². The Morgan fingerprint density at radius 2 is 1.83 bits per heavy atom. The van der Waals surface area contributed by atoms with Gasteiger partial charge in [-0.05, 0) is 13.3 Å². The summed E-state index contributed by atoms with van der Waals surface area (Å²) >= 11 is 0. The van der Waals surface area contributed by atoms with Gasteiger partial charge in [-0.1, -0.05) is 32.6 Å². The lowest BCUT2D eigenvalue weighted by atomic mass is 10.1. The van der Waals surface area contributed by atoms with Crippen molar-refractivity contribution in [1.29, 1.82) is 0 Å². The normalized spacial score (nSPS) is 14.6. The largest absolute Gasteiger partial charge is 0.285 e. The minimum absolute atomic E-state index is 0.568. The summed E-state index contributed by atoms with van der Waals surface area (Å²) in [6, 6.07) is 0. The smallest absolute Gasteiger partial charge is 0.267 e. The van der Waals surface area contributed by atoms with Crippen LogP contribution in [-0.4, -0.2) is 18.2 Å². The van der Waals surface area contributed by atoms with Crippen molar-refractivity contribution in [2.45, 2.75) is 51.2 Å². The number of unbranched alkanes of at least 4 members (excludes halogenated alkanes) is 3. The van der Waals surface area contributed by atoms with E-state index in [4.69, 9.17) is 4.55 Å². The fourth-order valence-electron chi connectivity index (χ4n) is 1.01. The molecule has 0 aliphatic rings. The molecule has 0 amide bonds. The van der Waals surface area contributed by atoms with Crippen LogP contribution in [0.15, 0.2) is 0 Å². The van der Waals surface area contributed by atoms with Crippen molar-refractivity contribution in [3.05, 3.63) is 0 Å². The molecule has 0 rings (SSSR count). The zero-order chi connectivity index (χ0) is 9.61. The molecule has 0 radical (unpaired) electrons. The maximum absolute atomic E-state index is 10.6. The fourth-order valence-corrected chi connectivity index (χ4v) is 1.47. The van der Waals surface area contributed by atoms with Gasteiger partial charge in [0.2, 0.25) is 0 Å². The van der Waals surface area contributed by atoms with Gasteiger partial charge in [0.25, 0.3) is 10.1 Å². The van der Waals surface area contributed by atoms with Crippen molar-refractivity contribution in [2.75, 3.05) is 0 Å². The maximum atomic E-state index is 10.6. The summed E-state index contributed by atoms with van der Waals surface area (Å²) in [5.41, 5.74) is 0. The first-order chi connectivity index (χ1) is 5.48. The summed E-state index contributed by atoms with van der Waals surface area (Å²) in [4.78, 5) is 0. The molecule has 0 aromatic carbocycles. The van der Waals surface area contributed by atoms with Crippen LogP contribution < -0.4 is 0 Å². The fraction of sp³-hybridized carbons (Fsp3) is 1.00. The van der Waals surface area contributed by atoms with E-state index in [9.17, 15) is 8.42 Å². The Kier molecular flexibility index (Phi) is 5.50. The van der Waals surface area contributed by atoms with Gasteiger partial charge >= 0.3 is 0 Å². The van der Waals surface area contributed by atoms with Crippen LogP contribution in [0.2, 0.25) is 0 Å². The second-order valence-electron chi connectivity index (χ2n) is 3.17. The molecule has 0 bridgehead atoms. The van der Waals surface area contributed by atoms with Crippen molar-refractivity contribution >= 4 is 10.1 Å². The lowest BCUT2D eigenvalue weighted by Crippen LogP contribution is -2.15. The average Bonchev–Trinajstić information content (AvgIpc) is 1.96. The second kappa shape index (κ2) is 5.54. The van der Waals surface area contributed by atoms with Crippen LogP contribution in [-0.2, 0) is 10.1 Å². The molecule has 0 aliphatic heterocycles. The van der Waals surface area contributed by atoms with E-state index in [0.29, 0.717) is 6.42 Å². The molecule has 3 nitrogen and oxygen atoms in total. The summed E-state index contributed by atoms with van der Waals surface area (Å²) in [5, 5.41) is -0.602. The Morgan fingerprint density at radius 1 is 1.25 bits per heavy atom. The molecule has 0 aromatic heterocycles. The minimum Gasteiger partial charge on any atom is -0.285 e. The highest BCUT2D eigenvalue weighted by molar-refractivity contribution is 7.86. The Morgan fingerprint density at radius 3 is 2.25 bits per heavy atom. The van der Waals surface area contributed by atoms with Crippen LogP contribution in [0.1, 0.15) is 46.0 Å². The van der Waals surface area contributed by atoms with E-state index in [2.05, 4.69) is 6.92 Å². The van der Waals surface area contributed by atoms with Crippen LogP contribution in [0, 0.1) is 0 Å². The van der Waals surface area contributed by atoms with E-state index in [1.54, 1.807) is 6.92 Å². The standard InChI is InChI=1S/C8H18O3S/c1-3-4-5-6-7-8(2)12(9,10)11/h8H,3-7H2,1-2H3,(H,9,10,11)/t8-/m0/s1. The third-order valence-electron chi connectivity index (χ3n) is 1.97. The van der Waals surface area contributed by atoms with Gasteiger partial charge < -0.3 is 0 Å². The first kappa shape index (κ1) is 11.9. The Hall–Kier alpha value is -0.0900. The Labute approximate surface area is 74.9 Å². The third kappa shape index (κ3) is 5.55. The predicted molar refractivity (Wildman–Crippen MR) is 49.8 cm³/mol. The van der Waals surface area contributed by atoms with Gasteiger partial charge in [0.05, 0.1) is 5.25 Å². The molecule has 1 N–H and O–H groups in total. The van der Waals surface area contributed by atoms with Gasteiger partial charge in [-0.2, -0.15) is 8.42 Å². The van der Waals surface area contributed by atoms with E-state index < -0.39 is 15.4 Å². The zero-order valence-electron chi connectivity index (χ0n) is 7.78. The van der Waals surface area contributed by atoms with E-state index in [1.165, 1.54) is 0 Å². The van der Waals surface area contributed by atoms with Gasteiger partial charge in [-0.15, -0.1) is 0 Å². The van der Waals surface area contributed by atoms with Crippen molar-refractivity contribution < 1.29 is 13.0 Å². The molecule has 1 atom stereocenters. The monoisotopic (exact) mass is 194 g/mol. The van der Waals surface area contributed by atoms with E-state index in [-0.39, 0.29) is 0 Å². The van der Waals surface area contributed by atoms with Crippen molar-refractivity contribution in [1.82, 2.24) is 0 Å². The summed E-state index contributed by atoms with van der Waals surface area (Å²) in [7, 11) is -3.79. The quantitative estimate of drug-likeness (QED) is 0.521. The molecule has 0 heterocycles. The molecule has 4 heteroatoms. The summed E-state index contributed by atoms with van der Waals surface area (Å²) in [6.07, 6.45) is 4.78. The molecular formula is C8H18O3S. The van der Waals surface area contributed by atoms with Crippen LogP contribution in [0.25, 0.3) is 0 Å².